The van der Waals surface area contributed by atoms with Gasteiger partial charge in [0.2, 0.25) is 17.8 Å². The Morgan fingerprint density at radius 1 is 0.638 bits per heavy atom. The van der Waals surface area contributed by atoms with E-state index in [1.54, 1.807) is 12.1 Å². The van der Waals surface area contributed by atoms with Gasteiger partial charge in [-0.05, 0) is 85.0 Å². The van der Waals surface area contributed by atoms with Crippen molar-refractivity contribution in [1.29, 1.82) is 0 Å². The molecule has 17 heteroatoms. The molecule has 4 aromatic rings. The van der Waals surface area contributed by atoms with Crippen molar-refractivity contribution in [3.63, 3.8) is 0 Å². The fraction of sp³-hybridized carbons (Fsp3) is 0.233. The van der Waals surface area contributed by atoms with Crippen LogP contribution in [0.2, 0.25) is 0 Å². The Bertz CT molecular complexity index is 1970. The van der Waals surface area contributed by atoms with Crippen molar-refractivity contribution in [2.45, 2.75) is 43.4 Å². The summed E-state index contributed by atoms with van der Waals surface area (Å²) in [6.45, 7) is 6.37. The molecule has 15 nitrogen and oxygen atoms in total. The van der Waals surface area contributed by atoms with Crippen LogP contribution in [0, 0.1) is 5.41 Å². The number of fused-ring (bicyclic) bond motifs is 1. The van der Waals surface area contributed by atoms with Crippen LogP contribution in [0.4, 0.5) is 34.9 Å². The van der Waals surface area contributed by atoms with Crippen molar-refractivity contribution in [1.82, 2.24) is 19.9 Å². The third-order valence-corrected chi connectivity index (χ3v) is 9.66. The third kappa shape index (κ3) is 7.54. The zero-order valence-corrected chi connectivity index (χ0v) is 27.1. The lowest BCUT2D eigenvalue weighted by Crippen LogP contribution is -2.39. The van der Waals surface area contributed by atoms with Crippen LogP contribution in [-0.2, 0) is 20.2 Å². The number of hydrogen-bond acceptors (Lipinski definition) is 12. The Labute approximate surface area is 271 Å². The third-order valence-electron chi connectivity index (χ3n) is 7.93. The van der Waals surface area contributed by atoms with Crippen LogP contribution in [0.5, 0.6) is 0 Å². The Morgan fingerprint density at radius 3 is 1.43 bits per heavy atom. The first kappa shape index (κ1) is 33.4. The summed E-state index contributed by atoms with van der Waals surface area (Å²) in [4.78, 5) is 40.1. The van der Waals surface area contributed by atoms with E-state index >= 15 is 0 Å². The molecule has 0 unspecified atom stereocenters. The number of amides is 2. The van der Waals surface area contributed by atoms with E-state index in [1.807, 2.05) is 20.8 Å². The van der Waals surface area contributed by atoms with Crippen LogP contribution in [0.15, 0.2) is 76.5 Å². The molecule has 3 aromatic carbocycles. The Morgan fingerprint density at radius 2 is 1.02 bits per heavy atom. The summed E-state index contributed by atoms with van der Waals surface area (Å²) in [5.74, 6) is -0.758. The zero-order valence-electron chi connectivity index (χ0n) is 25.4. The molecule has 0 atom stereocenters. The minimum absolute atomic E-state index is 0.00355. The van der Waals surface area contributed by atoms with Gasteiger partial charge in [0.05, 0.1) is 20.9 Å². The molecule has 0 spiro atoms. The summed E-state index contributed by atoms with van der Waals surface area (Å²) in [5, 5.41) is 8.86. The average molecular weight is 682 g/mol. The van der Waals surface area contributed by atoms with E-state index in [-0.39, 0.29) is 50.1 Å². The van der Waals surface area contributed by atoms with Gasteiger partial charge in [-0.15, -0.1) is 0 Å². The first-order valence-corrected chi connectivity index (χ1v) is 17.2. The maximum atomic E-state index is 13.3. The molecule has 0 saturated carbocycles. The fourth-order valence-electron chi connectivity index (χ4n) is 4.72. The highest BCUT2D eigenvalue weighted by Gasteiger charge is 2.39. The lowest BCUT2D eigenvalue weighted by atomic mass is 9.84. The molecule has 1 aliphatic rings. The highest BCUT2D eigenvalue weighted by atomic mass is 32.2. The molecule has 0 bridgehead atoms. The van der Waals surface area contributed by atoms with Gasteiger partial charge in [-0.1, -0.05) is 20.8 Å². The average Bonchev–Trinajstić information content (AvgIpc) is 3.24. The van der Waals surface area contributed by atoms with E-state index in [4.69, 9.17) is 0 Å². The minimum atomic E-state index is -4.41. The number of rotatable bonds is 12. The highest BCUT2D eigenvalue weighted by molar-refractivity contribution is 7.86. The highest BCUT2D eigenvalue weighted by Crippen LogP contribution is 2.33. The van der Waals surface area contributed by atoms with Gasteiger partial charge in [0.15, 0.2) is 0 Å². The molecular weight excluding hydrogens is 651 g/mol. The monoisotopic (exact) mass is 681 g/mol. The van der Waals surface area contributed by atoms with Crippen LogP contribution in [0.3, 0.4) is 0 Å². The fourth-order valence-corrected chi connectivity index (χ4v) is 5.68. The van der Waals surface area contributed by atoms with Crippen molar-refractivity contribution in [2.75, 3.05) is 22.5 Å². The summed E-state index contributed by atoms with van der Waals surface area (Å²) in [6.07, 6.45) is 1.59. The lowest BCUT2D eigenvalue weighted by molar-refractivity contribution is 0.0571. The molecule has 1 aliphatic heterocycles. The number of benzene rings is 3. The van der Waals surface area contributed by atoms with Gasteiger partial charge < -0.3 is 16.0 Å². The molecule has 0 aliphatic carbocycles. The molecule has 2 heterocycles. The molecule has 47 heavy (non-hydrogen) atoms. The topological polar surface area (TPSA) is 221 Å². The van der Waals surface area contributed by atoms with E-state index < -0.39 is 26.1 Å². The maximum Gasteiger partial charge on any atom is 0.294 e. The lowest BCUT2D eigenvalue weighted by Gasteiger charge is -2.30. The number of aromatic nitrogens is 3. The van der Waals surface area contributed by atoms with E-state index in [0.29, 0.717) is 23.6 Å². The number of hydrogen-bond donors (Lipinski definition) is 5. The van der Waals surface area contributed by atoms with Gasteiger partial charge >= 0.3 is 0 Å². The summed E-state index contributed by atoms with van der Waals surface area (Å²) in [6, 6.07) is 15.0. The van der Waals surface area contributed by atoms with Crippen molar-refractivity contribution >= 4 is 67.0 Å². The Kier molecular flexibility index (Phi) is 9.00. The van der Waals surface area contributed by atoms with E-state index in [1.165, 1.54) is 59.5 Å². The normalized spacial score (nSPS) is 13.4. The largest absolute Gasteiger partial charge is 0.324 e. The summed E-state index contributed by atoms with van der Waals surface area (Å²) >= 11 is 0. The SMILES string of the molecule is CCC(C)(CC)CN1C(=O)c2ccc(Nc3nc(Nc4ccc(S(=O)(=O)O)cc4)nc(Nc4ccc(S(=O)(=O)O)cc4)n3)cc2C1=O. The molecule has 0 saturated heterocycles. The van der Waals surface area contributed by atoms with Crippen LogP contribution in [0.25, 0.3) is 0 Å². The number of carbonyl (C=O) groups excluding carboxylic acids is 2. The van der Waals surface area contributed by atoms with Gasteiger partial charge in [0.25, 0.3) is 32.1 Å². The molecule has 5 N–H and O–H groups in total. The quantitative estimate of drug-likeness (QED) is 0.0979. The second-order valence-electron chi connectivity index (χ2n) is 11.2. The van der Waals surface area contributed by atoms with Crippen molar-refractivity contribution in [3.05, 3.63) is 77.9 Å². The van der Waals surface area contributed by atoms with Gasteiger partial charge in [-0.3, -0.25) is 23.6 Å². The molecule has 2 amide bonds. The van der Waals surface area contributed by atoms with Gasteiger partial charge in [-0.2, -0.15) is 31.8 Å². The summed E-state index contributed by atoms with van der Waals surface area (Å²) < 4.78 is 64.3. The minimum Gasteiger partial charge on any atom is -0.324 e. The molecule has 1 aromatic heterocycles. The van der Waals surface area contributed by atoms with Gasteiger partial charge in [0.1, 0.15) is 0 Å². The predicted octanol–water partition coefficient (Wildman–Crippen LogP) is 5.02. The van der Waals surface area contributed by atoms with E-state index in [2.05, 4.69) is 30.9 Å². The molecule has 246 valence electrons. The van der Waals surface area contributed by atoms with Crippen molar-refractivity contribution < 1.29 is 35.5 Å². The molecule has 0 fully saturated rings. The van der Waals surface area contributed by atoms with Crippen LogP contribution >= 0.6 is 0 Å². The number of carbonyl (C=O) groups is 2. The molecule has 5 rings (SSSR count). The maximum absolute atomic E-state index is 13.3. The molecule has 0 radical (unpaired) electrons. The Balaban J connectivity index is 1.45. The first-order valence-electron chi connectivity index (χ1n) is 14.3. The summed E-state index contributed by atoms with van der Waals surface area (Å²) in [5.41, 5.74) is 1.44. The number of nitrogens with one attached hydrogen (secondary N) is 3. The second-order valence-corrected chi connectivity index (χ2v) is 14.0. The van der Waals surface area contributed by atoms with Crippen molar-refractivity contribution in [3.8, 4) is 0 Å². The Hall–Kier alpha value is -4.97. The summed E-state index contributed by atoms with van der Waals surface area (Å²) in [7, 11) is -8.81. The smallest absolute Gasteiger partial charge is 0.294 e. The standard InChI is InChI=1S/C30H31N7O8S2/c1-4-30(3,5-2)17-37-25(38)23-15-10-20(16-24(23)26(37)39)33-29-35-27(31-18-6-11-21(12-7-18)46(40,41)42)34-28(36-29)32-19-8-13-22(14-9-19)47(43,44)45/h6-16H,4-5,17H2,1-3H3,(H,40,41,42)(H,43,44,45)(H3,31,32,33,34,35,36). The van der Waals surface area contributed by atoms with Gasteiger partial charge in [0, 0.05) is 23.6 Å². The van der Waals surface area contributed by atoms with E-state index in [0.717, 1.165) is 12.8 Å². The first-order chi connectivity index (χ1) is 22.1. The molecular formula is C30H31N7O8S2. The number of nitrogens with zero attached hydrogens (tertiary/aromatic N) is 4. The zero-order chi connectivity index (χ0) is 34.1. The van der Waals surface area contributed by atoms with Gasteiger partial charge in [-0.25, -0.2) is 0 Å². The predicted molar refractivity (Wildman–Crippen MR) is 173 cm³/mol. The van der Waals surface area contributed by atoms with E-state index in [9.17, 15) is 35.5 Å². The van der Waals surface area contributed by atoms with Crippen LogP contribution < -0.4 is 16.0 Å². The second kappa shape index (κ2) is 12.7. The van der Waals surface area contributed by atoms with Crippen LogP contribution in [0.1, 0.15) is 54.3 Å². The number of imide groups is 1. The number of anilines is 6. The van der Waals surface area contributed by atoms with Crippen molar-refractivity contribution in [2.24, 2.45) is 5.41 Å². The van der Waals surface area contributed by atoms with Crippen LogP contribution in [-0.4, -0.2) is 64.2 Å².